The van der Waals surface area contributed by atoms with E-state index in [4.69, 9.17) is 9.47 Å². The van der Waals surface area contributed by atoms with Gasteiger partial charge < -0.3 is 9.47 Å². The molecule has 4 nitrogen and oxygen atoms in total. The van der Waals surface area contributed by atoms with Crippen LogP contribution in [0.3, 0.4) is 0 Å². The van der Waals surface area contributed by atoms with Crippen molar-refractivity contribution < 1.29 is 19.1 Å². The Morgan fingerprint density at radius 2 is 2.00 bits per heavy atom. The Morgan fingerprint density at radius 3 is 2.63 bits per heavy atom. The number of allylic oxidation sites excluding steroid dienone is 1. The molecule has 0 aliphatic heterocycles. The molecule has 0 fully saturated rings. The second-order valence-electron chi connectivity index (χ2n) is 4.30. The smallest absolute Gasteiger partial charge is 0.306 e. The van der Waals surface area contributed by atoms with Crippen LogP contribution in [0.25, 0.3) is 0 Å². The lowest BCUT2D eigenvalue weighted by Crippen LogP contribution is -2.21. The van der Waals surface area contributed by atoms with Crippen LogP contribution in [0.2, 0.25) is 0 Å². The van der Waals surface area contributed by atoms with Crippen molar-refractivity contribution in [3.8, 4) is 0 Å². The van der Waals surface area contributed by atoms with Crippen molar-refractivity contribution in [2.45, 2.75) is 45.1 Å². The summed E-state index contributed by atoms with van der Waals surface area (Å²) in [5.74, 6) is -0.232. The highest BCUT2D eigenvalue weighted by atomic mass is 79.9. The summed E-state index contributed by atoms with van der Waals surface area (Å²) in [6, 6.07) is 0. The molecule has 0 saturated carbocycles. The fourth-order valence-corrected chi connectivity index (χ4v) is 1.78. The maximum atomic E-state index is 11.4. The van der Waals surface area contributed by atoms with E-state index in [1.807, 2.05) is 0 Å². The van der Waals surface area contributed by atoms with Crippen molar-refractivity contribution in [3.05, 3.63) is 12.7 Å². The van der Waals surface area contributed by atoms with E-state index in [-0.39, 0.29) is 17.9 Å². The highest BCUT2D eigenvalue weighted by Crippen LogP contribution is 2.05. The molecule has 19 heavy (non-hydrogen) atoms. The molecule has 0 bridgehead atoms. The van der Waals surface area contributed by atoms with Gasteiger partial charge in [-0.1, -0.05) is 28.9 Å². The van der Waals surface area contributed by atoms with Gasteiger partial charge in [-0.05, 0) is 25.8 Å². The highest BCUT2D eigenvalue weighted by molar-refractivity contribution is 9.09. The number of ketones is 1. The summed E-state index contributed by atoms with van der Waals surface area (Å²) in [6.45, 7) is 5.81. The van der Waals surface area contributed by atoms with E-state index in [0.717, 1.165) is 24.6 Å². The quantitative estimate of drug-likeness (QED) is 0.238. The monoisotopic (exact) mass is 334 g/mol. The number of halogens is 1. The number of carbonyl (C=O) groups excluding carboxylic acids is 2. The fourth-order valence-electron chi connectivity index (χ4n) is 1.38. The summed E-state index contributed by atoms with van der Waals surface area (Å²) >= 11 is 3.34. The van der Waals surface area contributed by atoms with Crippen LogP contribution in [0.1, 0.15) is 39.0 Å². The topological polar surface area (TPSA) is 52.6 Å². The lowest BCUT2D eigenvalue weighted by Gasteiger charge is -2.13. The molecule has 0 heterocycles. The normalized spacial score (nSPS) is 11.9. The second kappa shape index (κ2) is 12.4. The number of ether oxygens (including phenoxy) is 2. The third-order valence-electron chi connectivity index (χ3n) is 2.42. The number of alkyl halides is 1. The van der Waals surface area contributed by atoms with Crippen molar-refractivity contribution in [2.24, 2.45) is 0 Å². The third-order valence-corrected chi connectivity index (χ3v) is 2.98. The van der Waals surface area contributed by atoms with E-state index in [1.54, 1.807) is 6.92 Å². The van der Waals surface area contributed by atoms with Crippen molar-refractivity contribution in [3.63, 3.8) is 0 Å². The summed E-state index contributed by atoms with van der Waals surface area (Å²) in [5, 5.41) is 0.968. The molecule has 0 rings (SSSR count). The SMILES string of the molecule is C=CC(=O)CCOCC(C)OC(=O)CCCCCBr. The van der Waals surface area contributed by atoms with Gasteiger partial charge in [0.15, 0.2) is 5.78 Å². The Balaban J connectivity index is 3.51. The van der Waals surface area contributed by atoms with Crippen LogP contribution in [-0.2, 0) is 19.1 Å². The number of hydrogen-bond donors (Lipinski definition) is 0. The molecule has 0 aromatic carbocycles. The lowest BCUT2D eigenvalue weighted by molar-refractivity contribution is -0.151. The average molecular weight is 335 g/mol. The van der Waals surface area contributed by atoms with Gasteiger partial charge in [-0.15, -0.1) is 0 Å². The molecule has 1 unspecified atom stereocenters. The van der Waals surface area contributed by atoms with Crippen molar-refractivity contribution in [2.75, 3.05) is 18.5 Å². The summed E-state index contributed by atoms with van der Waals surface area (Å²) in [7, 11) is 0. The van der Waals surface area contributed by atoms with Crippen LogP contribution in [0.15, 0.2) is 12.7 Å². The molecule has 0 N–H and O–H groups in total. The molecule has 0 aliphatic rings. The van der Waals surface area contributed by atoms with Gasteiger partial charge >= 0.3 is 5.97 Å². The first-order chi connectivity index (χ1) is 9.10. The molecule has 5 heteroatoms. The van der Waals surface area contributed by atoms with E-state index in [9.17, 15) is 9.59 Å². The predicted molar refractivity (Wildman–Crippen MR) is 78.5 cm³/mol. The second-order valence-corrected chi connectivity index (χ2v) is 5.09. The molecule has 0 saturated heterocycles. The van der Waals surface area contributed by atoms with E-state index >= 15 is 0 Å². The Hall–Kier alpha value is -0.680. The van der Waals surface area contributed by atoms with Gasteiger partial charge in [-0.25, -0.2) is 0 Å². The standard InChI is InChI=1S/C14H23BrO4/c1-3-13(16)8-10-18-11-12(2)19-14(17)7-5-4-6-9-15/h3,12H,1,4-11H2,2H3. The maximum absolute atomic E-state index is 11.4. The van der Waals surface area contributed by atoms with Gasteiger partial charge in [0.1, 0.15) is 6.10 Å². The molecule has 0 radical (unpaired) electrons. The molecular weight excluding hydrogens is 312 g/mol. The van der Waals surface area contributed by atoms with Crippen LogP contribution in [-0.4, -0.2) is 36.4 Å². The van der Waals surface area contributed by atoms with Gasteiger partial charge in [0, 0.05) is 18.2 Å². The van der Waals surface area contributed by atoms with Crippen LogP contribution < -0.4 is 0 Å². The minimum absolute atomic E-state index is 0.0450. The third kappa shape index (κ3) is 12.1. The minimum atomic E-state index is -0.275. The van der Waals surface area contributed by atoms with E-state index in [1.165, 1.54) is 6.08 Å². The number of hydrogen-bond acceptors (Lipinski definition) is 4. The van der Waals surface area contributed by atoms with Crippen molar-refractivity contribution in [1.29, 1.82) is 0 Å². The maximum Gasteiger partial charge on any atom is 0.306 e. The Morgan fingerprint density at radius 1 is 1.26 bits per heavy atom. The zero-order valence-corrected chi connectivity index (χ0v) is 13.1. The summed E-state index contributed by atoms with van der Waals surface area (Å²) < 4.78 is 10.4. The largest absolute Gasteiger partial charge is 0.460 e. The molecule has 0 amide bonds. The summed E-state index contributed by atoms with van der Waals surface area (Å²) in [5.41, 5.74) is 0. The van der Waals surface area contributed by atoms with Crippen LogP contribution in [0, 0.1) is 0 Å². The first-order valence-electron chi connectivity index (χ1n) is 6.58. The van der Waals surface area contributed by atoms with E-state index in [2.05, 4.69) is 22.5 Å². The molecular formula is C14H23BrO4. The molecule has 110 valence electrons. The first-order valence-corrected chi connectivity index (χ1v) is 7.70. The van der Waals surface area contributed by atoms with E-state index in [0.29, 0.717) is 26.1 Å². The lowest BCUT2D eigenvalue weighted by atomic mass is 10.2. The molecule has 0 spiro atoms. The van der Waals surface area contributed by atoms with Gasteiger partial charge in [-0.3, -0.25) is 9.59 Å². The Kier molecular flexibility index (Phi) is 11.9. The van der Waals surface area contributed by atoms with Crippen LogP contribution in [0.4, 0.5) is 0 Å². The molecule has 1 atom stereocenters. The first kappa shape index (κ1) is 18.3. The van der Waals surface area contributed by atoms with Gasteiger partial charge in [0.05, 0.1) is 13.2 Å². The molecule has 0 aliphatic carbocycles. The summed E-state index contributed by atoms with van der Waals surface area (Å²) in [4.78, 5) is 22.4. The summed E-state index contributed by atoms with van der Waals surface area (Å²) in [6.07, 6.45) is 4.72. The number of rotatable bonds is 12. The van der Waals surface area contributed by atoms with Gasteiger partial charge in [-0.2, -0.15) is 0 Å². The van der Waals surface area contributed by atoms with Gasteiger partial charge in [0.2, 0.25) is 0 Å². The minimum Gasteiger partial charge on any atom is -0.460 e. The predicted octanol–water partition coefficient (Wildman–Crippen LogP) is 3.04. The number of carbonyl (C=O) groups is 2. The molecule has 0 aromatic heterocycles. The zero-order valence-electron chi connectivity index (χ0n) is 11.5. The average Bonchev–Trinajstić information content (AvgIpc) is 2.39. The number of unbranched alkanes of at least 4 members (excludes halogenated alkanes) is 2. The zero-order chi connectivity index (χ0) is 14.5. The van der Waals surface area contributed by atoms with Crippen molar-refractivity contribution >= 4 is 27.7 Å². The Bertz CT molecular complexity index is 279. The number of esters is 1. The van der Waals surface area contributed by atoms with Gasteiger partial charge in [0.25, 0.3) is 0 Å². The van der Waals surface area contributed by atoms with Crippen LogP contribution in [0.5, 0.6) is 0 Å². The fraction of sp³-hybridized carbons (Fsp3) is 0.714. The van der Waals surface area contributed by atoms with E-state index < -0.39 is 0 Å². The molecule has 0 aromatic rings. The Labute approximate surface area is 123 Å². The highest BCUT2D eigenvalue weighted by Gasteiger charge is 2.09. The van der Waals surface area contributed by atoms with Crippen molar-refractivity contribution in [1.82, 2.24) is 0 Å². The van der Waals surface area contributed by atoms with Crippen LogP contribution >= 0.6 is 15.9 Å².